The highest BCUT2D eigenvalue weighted by Crippen LogP contribution is 2.21. The van der Waals surface area contributed by atoms with Gasteiger partial charge in [0.15, 0.2) is 0 Å². The van der Waals surface area contributed by atoms with Gasteiger partial charge in [0.1, 0.15) is 5.75 Å². The van der Waals surface area contributed by atoms with Crippen LogP contribution in [0.3, 0.4) is 0 Å². The molecule has 0 aliphatic heterocycles. The van der Waals surface area contributed by atoms with Crippen molar-refractivity contribution in [2.75, 3.05) is 42.3 Å². The molecule has 0 amide bonds. The highest BCUT2D eigenvalue weighted by atomic mass is 16.5. The Morgan fingerprint density at radius 3 is 1.57 bits per heavy atom. The molecule has 0 fully saturated rings. The monoisotopic (exact) mass is 590 g/mol. The minimum atomic E-state index is 0.185. The minimum Gasteiger partial charge on any atom is -0.508 e. The quantitative estimate of drug-likeness (QED) is 0.0604. The third-order valence-corrected chi connectivity index (χ3v) is 6.59. The summed E-state index contributed by atoms with van der Waals surface area (Å²) in [4.78, 5) is 13.6. The number of benzene rings is 4. The molecule has 1 aromatic heterocycles. The first kappa shape index (κ1) is 30.4. The van der Waals surface area contributed by atoms with Gasteiger partial charge in [-0.2, -0.15) is 15.0 Å². The molecule has 44 heavy (non-hydrogen) atoms. The van der Waals surface area contributed by atoms with E-state index in [9.17, 15) is 5.11 Å². The van der Waals surface area contributed by atoms with Gasteiger partial charge in [0, 0.05) is 44.1 Å². The zero-order valence-electron chi connectivity index (χ0n) is 24.5. The third-order valence-electron chi connectivity index (χ3n) is 6.59. The average Bonchev–Trinajstić information content (AvgIpc) is 3.05. The summed E-state index contributed by atoms with van der Waals surface area (Å²) in [6, 6.07) is 35.5. The van der Waals surface area contributed by atoms with Gasteiger partial charge < -0.3 is 36.4 Å². The van der Waals surface area contributed by atoms with Crippen LogP contribution in [0.4, 0.5) is 29.2 Å². The number of phenolic OH excluding ortho intramolecular Hbond substituents is 1. The van der Waals surface area contributed by atoms with Gasteiger partial charge in [-0.3, -0.25) is 0 Å². The van der Waals surface area contributed by atoms with Crippen molar-refractivity contribution in [3.8, 4) is 5.75 Å². The van der Waals surface area contributed by atoms with Crippen LogP contribution in [0.2, 0.25) is 0 Å². The number of phenols is 1. The number of ether oxygens (including phenoxy) is 1. The number of nitrogens with zero attached hydrogens (tertiary/aromatic N) is 3. The molecule has 0 bridgehead atoms. The summed E-state index contributed by atoms with van der Waals surface area (Å²) in [5.74, 6) is 1.36. The first-order chi connectivity index (χ1) is 21.7. The number of nitrogens with one attached hydrogen (secondary N) is 5. The summed E-state index contributed by atoms with van der Waals surface area (Å²) in [6.45, 7) is 4.79. The van der Waals surface area contributed by atoms with Crippen molar-refractivity contribution in [2.45, 2.75) is 19.6 Å². The van der Waals surface area contributed by atoms with E-state index in [1.165, 1.54) is 16.7 Å². The largest absolute Gasteiger partial charge is 0.508 e. The van der Waals surface area contributed by atoms with Gasteiger partial charge in [-0.1, -0.05) is 72.8 Å². The Labute approximate surface area is 258 Å². The second kappa shape index (κ2) is 16.6. The molecule has 5 rings (SSSR count). The van der Waals surface area contributed by atoms with E-state index >= 15 is 0 Å². The Morgan fingerprint density at radius 2 is 0.977 bits per heavy atom. The van der Waals surface area contributed by atoms with Crippen LogP contribution in [-0.4, -0.2) is 46.4 Å². The van der Waals surface area contributed by atoms with E-state index in [0.29, 0.717) is 37.6 Å². The SMILES string of the molecule is Oc1ccc(Nc2nc(NCCOCCNCc3ccccc3)nc(Nc3ccc(CNCc4ccccc4)cc3)n2)cc1. The standard InChI is InChI=1S/C34H38N8O2/c43-31-17-15-30(16-18-31)39-34-41-32(37-20-22-44-21-19-35-23-26-7-3-1-4-8-26)40-33(42-34)38-29-13-11-28(12-14-29)25-36-24-27-9-5-2-6-10-27/h1-18,35-36,43H,19-25H2,(H3,37,38,39,40,41,42). The van der Waals surface area contributed by atoms with E-state index in [2.05, 4.69) is 77.9 Å². The summed E-state index contributed by atoms with van der Waals surface area (Å²) in [7, 11) is 0. The summed E-state index contributed by atoms with van der Waals surface area (Å²) < 4.78 is 5.76. The topological polar surface area (TPSA) is 128 Å². The van der Waals surface area contributed by atoms with Crippen LogP contribution in [0, 0.1) is 0 Å². The number of anilines is 5. The fourth-order valence-electron chi connectivity index (χ4n) is 4.33. The fraction of sp³-hybridized carbons (Fsp3) is 0.206. The Hall–Kier alpha value is -5.03. The molecule has 0 radical (unpaired) electrons. The molecular weight excluding hydrogens is 552 g/mol. The average molecular weight is 591 g/mol. The lowest BCUT2D eigenvalue weighted by molar-refractivity contribution is 0.145. The third kappa shape index (κ3) is 10.4. The van der Waals surface area contributed by atoms with Crippen LogP contribution in [0.25, 0.3) is 0 Å². The first-order valence-corrected chi connectivity index (χ1v) is 14.7. The number of aromatic hydroxyl groups is 1. The van der Waals surface area contributed by atoms with Gasteiger partial charge in [-0.05, 0) is 53.1 Å². The van der Waals surface area contributed by atoms with Crippen molar-refractivity contribution >= 4 is 29.2 Å². The molecule has 4 aromatic carbocycles. The lowest BCUT2D eigenvalue weighted by Crippen LogP contribution is -2.21. The second-order valence-electron chi connectivity index (χ2n) is 10.1. The van der Waals surface area contributed by atoms with Crippen molar-refractivity contribution in [3.05, 3.63) is 126 Å². The molecule has 6 N–H and O–H groups in total. The Kier molecular flexibility index (Phi) is 11.5. The van der Waals surface area contributed by atoms with Gasteiger partial charge in [-0.15, -0.1) is 0 Å². The van der Waals surface area contributed by atoms with Gasteiger partial charge in [0.2, 0.25) is 17.8 Å². The maximum Gasteiger partial charge on any atom is 0.233 e. The summed E-state index contributed by atoms with van der Waals surface area (Å²) >= 11 is 0. The Balaban J connectivity index is 1.13. The van der Waals surface area contributed by atoms with Gasteiger partial charge in [0.25, 0.3) is 0 Å². The maximum absolute atomic E-state index is 9.63. The Morgan fingerprint density at radius 1 is 0.500 bits per heavy atom. The van der Waals surface area contributed by atoms with Crippen molar-refractivity contribution in [1.82, 2.24) is 25.6 Å². The molecule has 10 nitrogen and oxygen atoms in total. The van der Waals surface area contributed by atoms with Crippen LogP contribution in [-0.2, 0) is 24.4 Å². The predicted octanol–water partition coefficient (Wildman–Crippen LogP) is 5.57. The zero-order chi connectivity index (χ0) is 30.2. The molecule has 1 heterocycles. The van der Waals surface area contributed by atoms with Crippen molar-refractivity contribution < 1.29 is 9.84 Å². The van der Waals surface area contributed by atoms with E-state index in [-0.39, 0.29) is 5.75 Å². The summed E-state index contributed by atoms with van der Waals surface area (Å²) in [5.41, 5.74) is 5.27. The van der Waals surface area contributed by atoms with E-state index in [1.807, 2.05) is 48.5 Å². The van der Waals surface area contributed by atoms with E-state index in [1.54, 1.807) is 24.3 Å². The van der Waals surface area contributed by atoms with Gasteiger partial charge in [0.05, 0.1) is 13.2 Å². The molecule has 0 unspecified atom stereocenters. The van der Waals surface area contributed by atoms with Crippen molar-refractivity contribution in [2.24, 2.45) is 0 Å². The molecule has 0 spiro atoms. The van der Waals surface area contributed by atoms with Crippen LogP contribution < -0.4 is 26.6 Å². The molecule has 0 saturated carbocycles. The van der Waals surface area contributed by atoms with E-state index in [4.69, 9.17) is 4.74 Å². The maximum atomic E-state index is 9.63. The van der Waals surface area contributed by atoms with Crippen LogP contribution in [0.15, 0.2) is 109 Å². The molecule has 0 saturated heterocycles. The van der Waals surface area contributed by atoms with E-state index < -0.39 is 0 Å². The molecule has 0 aliphatic carbocycles. The summed E-state index contributed by atoms with van der Waals surface area (Å²) in [5, 5.41) is 26.2. The number of hydrogen-bond acceptors (Lipinski definition) is 10. The zero-order valence-corrected chi connectivity index (χ0v) is 24.5. The van der Waals surface area contributed by atoms with Crippen molar-refractivity contribution in [3.63, 3.8) is 0 Å². The van der Waals surface area contributed by atoms with Crippen molar-refractivity contribution in [1.29, 1.82) is 0 Å². The lowest BCUT2D eigenvalue weighted by atomic mass is 10.2. The normalized spacial score (nSPS) is 10.8. The molecule has 0 aliphatic rings. The predicted molar refractivity (Wildman–Crippen MR) is 175 cm³/mol. The Bertz CT molecular complexity index is 1540. The highest BCUT2D eigenvalue weighted by molar-refractivity contribution is 5.59. The lowest BCUT2D eigenvalue weighted by Gasteiger charge is -2.12. The minimum absolute atomic E-state index is 0.185. The van der Waals surface area contributed by atoms with Crippen LogP contribution in [0.1, 0.15) is 16.7 Å². The van der Waals surface area contributed by atoms with Gasteiger partial charge >= 0.3 is 0 Å². The number of hydrogen-bond donors (Lipinski definition) is 6. The highest BCUT2D eigenvalue weighted by Gasteiger charge is 2.08. The summed E-state index contributed by atoms with van der Waals surface area (Å²) in [6.07, 6.45) is 0. The molecule has 10 heteroatoms. The molecular formula is C34H38N8O2. The number of rotatable bonds is 17. The molecule has 226 valence electrons. The van der Waals surface area contributed by atoms with Crippen LogP contribution >= 0.6 is 0 Å². The smallest absolute Gasteiger partial charge is 0.233 e. The van der Waals surface area contributed by atoms with E-state index in [0.717, 1.165) is 37.6 Å². The fourth-order valence-corrected chi connectivity index (χ4v) is 4.33. The molecule has 5 aromatic rings. The van der Waals surface area contributed by atoms with Crippen LogP contribution in [0.5, 0.6) is 5.75 Å². The second-order valence-corrected chi connectivity index (χ2v) is 10.1. The number of aromatic nitrogens is 3. The first-order valence-electron chi connectivity index (χ1n) is 14.7. The molecule has 0 atom stereocenters. The van der Waals surface area contributed by atoms with Gasteiger partial charge in [-0.25, -0.2) is 0 Å².